The molecule has 29 heavy (non-hydrogen) atoms. The van der Waals surface area contributed by atoms with E-state index in [1.54, 1.807) is 44.3 Å². The Morgan fingerprint density at radius 1 is 1.31 bits per heavy atom. The van der Waals surface area contributed by atoms with E-state index in [9.17, 15) is 14.7 Å². The second-order valence-electron chi connectivity index (χ2n) is 7.80. The molecule has 2 aromatic rings. The van der Waals surface area contributed by atoms with Crippen LogP contribution in [0.2, 0.25) is 0 Å². The first-order valence-corrected chi connectivity index (χ1v) is 10.2. The zero-order valence-electron chi connectivity index (χ0n) is 16.6. The van der Waals surface area contributed by atoms with Gasteiger partial charge in [0.25, 0.3) is 0 Å². The second kappa shape index (κ2) is 8.65. The van der Waals surface area contributed by atoms with E-state index in [0.717, 1.165) is 11.3 Å². The smallest absolute Gasteiger partial charge is 0.411 e. The topological polar surface area (TPSA) is 89.0 Å². The van der Waals surface area contributed by atoms with Gasteiger partial charge >= 0.3 is 12.1 Å². The van der Waals surface area contributed by atoms with Crippen molar-refractivity contribution in [3.05, 3.63) is 47.4 Å². The Bertz CT molecular complexity index is 889. The van der Waals surface area contributed by atoms with E-state index in [4.69, 9.17) is 9.47 Å². The minimum Gasteiger partial charge on any atom is -0.480 e. The van der Waals surface area contributed by atoms with Crippen LogP contribution in [0.1, 0.15) is 27.2 Å². The Morgan fingerprint density at radius 3 is 2.76 bits per heavy atom. The molecule has 7 nitrogen and oxygen atoms in total. The maximum absolute atomic E-state index is 12.3. The fourth-order valence-electron chi connectivity index (χ4n) is 3.04. The van der Waals surface area contributed by atoms with Crippen LogP contribution in [-0.4, -0.2) is 45.2 Å². The van der Waals surface area contributed by atoms with Crippen molar-refractivity contribution in [2.75, 3.05) is 6.54 Å². The Hall–Kier alpha value is -2.87. The molecule has 0 bridgehead atoms. The Balaban J connectivity index is 1.63. The molecule has 0 radical (unpaired) electrons. The first-order chi connectivity index (χ1) is 13.7. The minimum atomic E-state index is -1.04. The lowest BCUT2D eigenvalue weighted by Crippen LogP contribution is -2.43. The van der Waals surface area contributed by atoms with Gasteiger partial charge in [-0.2, -0.15) is 11.3 Å². The van der Waals surface area contributed by atoms with E-state index in [2.05, 4.69) is 4.98 Å². The molecule has 3 rings (SSSR count). The average Bonchev–Trinajstić information content (AvgIpc) is 3.31. The summed E-state index contributed by atoms with van der Waals surface area (Å²) in [5.74, 6) is -0.747. The molecule has 1 amide bonds. The van der Waals surface area contributed by atoms with E-state index in [1.165, 1.54) is 11.2 Å². The van der Waals surface area contributed by atoms with Gasteiger partial charge in [-0.3, -0.25) is 4.90 Å². The number of hydrogen-bond donors (Lipinski definition) is 1. The third kappa shape index (κ3) is 5.57. The zero-order chi connectivity index (χ0) is 21.0. The van der Waals surface area contributed by atoms with Gasteiger partial charge in [0.1, 0.15) is 11.6 Å². The number of aliphatic carboxylic acids is 1. The van der Waals surface area contributed by atoms with Crippen LogP contribution in [0, 0.1) is 5.92 Å². The molecule has 0 spiro atoms. The molecular weight excluding hydrogens is 392 g/mol. The molecule has 0 aromatic carbocycles. The van der Waals surface area contributed by atoms with E-state index in [0.29, 0.717) is 12.3 Å². The third-order valence-electron chi connectivity index (χ3n) is 4.33. The van der Waals surface area contributed by atoms with Crippen molar-refractivity contribution in [1.82, 2.24) is 9.88 Å². The van der Waals surface area contributed by atoms with Gasteiger partial charge in [-0.25, -0.2) is 14.6 Å². The van der Waals surface area contributed by atoms with Gasteiger partial charge in [0.2, 0.25) is 5.88 Å². The highest BCUT2D eigenvalue weighted by Gasteiger charge is 2.40. The van der Waals surface area contributed by atoms with Crippen molar-refractivity contribution in [3.63, 3.8) is 0 Å². The van der Waals surface area contributed by atoms with Crippen LogP contribution in [0.3, 0.4) is 0 Å². The van der Waals surface area contributed by atoms with E-state index >= 15 is 0 Å². The summed E-state index contributed by atoms with van der Waals surface area (Å²) in [6.45, 7) is 5.51. The van der Waals surface area contributed by atoms with Crippen LogP contribution in [0.5, 0.6) is 5.88 Å². The summed E-state index contributed by atoms with van der Waals surface area (Å²) in [6, 6.07) is 6.60. The lowest BCUT2D eigenvalue weighted by molar-refractivity contribution is -0.142. The lowest BCUT2D eigenvalue weighted by Gasteiger charge is -2.26. The standard InChI is InChI=1S/C21H24N2O5S/c1-21(2,3)28-20(26)23-12-14(11-17(23)19(24)25)7-9-27-18-6-4-5-16(22-18)15-8-10-29-13-15/h4-10,13-14,17H,11-12H2,1-3H3,(H,24,25)/b9-7+/t14?,17-/m0/s1. The zero-order valence-corrected chi connectivity index (χ0v) is 17.4. The first-order valence-electron chi connectivity index (χ1n) is 9.28. The number of carbonyl (C=O) groups is 2. The van der Waals surface area contributed by atoms with Gasteiger partial charge in [0.05, 0.1) is 12.0 Å². The highest BCUT2D eigenvalue weighted by atomic mass is 32.1. The molecule has 1 aliphatic heterocycles. The van der Waals surface area contributed by atoms with Crippen LogP contribution in [0.4, 0.5) is 4.79 Å². The Kier molecular flexibility index (Phi) is 6.22. The Labute approximate surface area is 173 Å². The number of carbonyl (C=O) groups excluding carboxylic acids is 1. The largest absolute Gasteiger partial charge is 0.480 e. The minimum absolute atomic E-state index is 0.149. The van der Waals surface area contributed by atoms with Crippen LogP contribution >= 0.6 is 11.3 Å². The van der Waals surface area contributed by atoms with E-state index < -0.39 is 23.7 Å². The molecule has 0 saturated carbocycles. The molecule has 1 saturated heterocycles. The number of amides is 1. The SMILES string of the molecule is CC(C)(C)OC(=O)N1CC(/C=C/Oc2cccc(-c3ccsc3)n2)C[C@H]1C(=O)O. The lowest BCUT2D eigenvalue weighted by atomic mass is 10.1. The fourth-order valence-corrected chi connectivity index (χ4v) is 3.69. The maximum Gasteiger partial charge on any atom is 0.411 e. The number of nitrogens with zero attached hydrogens (tertiary/aromatic N) is 2. The molecule has 1 N–H and O–H groups in total. The predicted molar refractivity (Wildman–Crippen MR) is 110 cm³/mol. The number of carboxylic acid groups (broad SMARTS) is 1. The molecule has 8 heteroatoms. The second-order valence-corrected chi connectivity index (χ2v) is 8.58. The molecule has 1 fully saturated rings. The van der Waals surface area contributed by atoms with Gasteiger partial charge in [0, 0.05) is 29.5 Å². The van der Waals surface area contributed by atoms with Gasteiger partial charge in [-0.1, -0.05) is 6.07 Å². The summed E-state index contributed by atoms with van der Waals surface area (Å²) in [6.07, 6.45) is 2.95. The molecule has 3 heterocycles. The normalized spacial score (nSPS) is 19.5. The van der Waals surface area contributed by atoms with Gasteiger partial charge < -0.3 is 14.6 Å². The monoisotopic (exact) mass is 416 g/mol. The molecule has 1 unspecified atom stereocenters. The van der Waals surface area contributed by atoms with Crippen LogP contribution in [0.25, 0.3) is 11.3 Å². The van der Waals surface area contributed by atoms with Crippen molar-refractivity contribution in [2.45, 2.75) is 38.8 Å². The fraction of sp³-hybridized carbons (Fsp3) is 0.381. The molecule has 2 atom stereocenters. The number of pyridine rings is 1. The van der Waals surface area contributed by atoms with Crippen molar-refractivity contribution >= 4 is 23.4 Å². The van der Waals surface area contributed by atoms with Gasteiger partial charge in [0.15, 0.2) is 0 Å². The molecule has 1 aliphatic rings. The highest BCUT2D eigenvalue weighted by molar-refractivity contribution is 7.08. The number of hydrogen-bond acceptors (Lipinski definition) is 6. The highest BCUT2D eigenvalue weighted by Crippen LogP contribution is 2.27. The summed E-state index contributed by atoms with van der Waals surface area (Å²) in [7, 11) is 0. The van der Waals surface area contributed by atoms with Gasteiger partial charge in [-0.05, 0) is 50.8 Å². The molecular formula is C21H24N2O5S. The number of aromatic nitrogens is 1. The number of thiophene rings is 1. The molecule has 154 valence electrons. The Morgan fingerprint density at radius 2 is 2.10 bits per heavy atom. The summed E-state index contributed by atoms with van der Waals surface area (Å²) in [5, 5.41) is 13.5. The van der Waals surface area contributed by atoms with Crippen LogP contribution in [-0.2, 0) is 9.53 Å². The van der Waals surface area contributed by atoms with Crippen molar-refractivity contribution in [3.8, 4) is 17.1 Å². The predicted octanol–water partition coefficient (Wildman–Crippen LogP) is 4.41. The average molecular weight is 416 g/mol. The van der Waals surface area contributed by atoms with Crippen LogP contribution < -0.4 is 4.74 Å². The van der Waals surface area contributed by atoms with Crippen LogP contribution in [0.15, 0.2) is 47.4 Å². The number of carboxylic acids is 1. The maximum atomic E-state index is 12.3. The summed E-state index contributed by atoms with van der Waals surface area (Å²) in [4.78, 5) is 29.6. The van der Waals surface area contributed by atoms with Crippen molar-refractivity contribution in [2.24, 2.45) is 5.92 Å². The van der Waals surface area contributed by atoms with Crippen molar-refractivity contribution in [1.29, 1.82) is 0 Å². The summed E-state index contributed by atoms with van der Waals surface area (Å²) < 4.78 is 10.9. The molecule has 0 aliphatic carbocycles. The summed E-state index contributed by atoms with van der Waals surface area (Å²) >= 11 is 1.60. The number of ether oxygens (including phenoxy) is 2. The quantitative estimate of drug-likeness (QED) is 0.726. The van der Waals surface area contributed by atoms with E-state index in [1.807, 2.05) is 29.0 Å². The van der Waals surface area contributed by atoms with Gasteiger partial charge in [-0.15, -0.1) is 0 Å². The first kappa shape index (κ1) is 20.9. The molecule has 2 aromatic heterocycles. The third-order valence-corrected chi connectivity index (χ3v) is 5.01. The van der Waals surface area contributed by atoms with E-state index in [-0.39, 0.29) is 12.5 Å². The number of rotatable bonds is 5. The van der Waals surface area contributed by atoms with Crippen molar-refractivity contribution < 1.29 is 24.2 Å². The number of likely N-dealkylation sites (tertiary alicyclic amines) is 1. The summed E-state index contributed by atoms with van der Waals surface area (Å²) in [5.41, 5.74) is 1.16.